The molecule has 1 aromatic carbocycles. The van der Waals surface area contributed by atoms with Gasteiger partial charge in [-0.05, 0) is 31.5 Å². The Morgan fingerprint density at radius 1 is 1.17 bits per heavy atom. The number of benzene rings is 1. The number of H-pyrrole nitrogens is 1. The lowest BCUT2D eigenvalue weighted by atomic mass is 10.2. The minimum absolute atomic E-state index is 0.0270. The molecule has 0 radical (unpaired) electrons. The Hall–Kier alpha value is -2.29. The van der Waals surface area contributed by atoms with E-state index in [-0.39, 0.29) is 11.4 Å². The van der Waals surface area contributed by atoms with E-state index in [4.69, 9.17) is 9.72 Å². The van der Waals surface area contributed by atoms with Crippen molar-refractivity contribution in [2.45, 2.75) is 20.4 Å². The molecule has 0 bridgehead atoms. The number of piperazine rings is 1. The summed E-state index contributed by atoms with van der Waals surface area (Å²) in [5.41, 5.74) is 1.01. The van der Waals surface area contributed by atoms with E-state index in [1.54, 1.807) is 29.5 Å². The van der Waals surface area contributed by atoms with Crippen molar-refractivity contribution in [3.63, 3.8) is 0 Å². The zero-order valence-corrected chi connectivity index (χ0v) is 17.6. The summed E-state index contributed by atoms with van der Waals surface area (Å²) in [4.78, 5) is 25.0. The number of hydrogen-bond acceptors (Lipinski definition) is 4. The molecular formula is C21H27FN4O2S+2. The molecule has 0 aliphatic carbocycles. The van der Waals surface area contributed by atoms with Crippen molar-refractivity contribution in [3.8, 4) is 5.75 Å². The van der Waals surface area contributed by atoms with Crippen molar-refractivity contribution in [1.82, 2.24) is 9.97 Å². The van der Waals surface area contributed by atoms with Crippen molar-refractivity contribution < 1.29 is 18.9 Å². The second kappa shape index (κ2) is 8.61. The van der Waals surface area contributed by atoms with Crippen molar-refractivity contribution >= 4 is 21.6 Å². The summed E-state index contributed by atoms with van der Waals surface area (Å²) in [5.74, 6) is 0.775. The topological polar surface area (TPSA) is 63.9 Å². The van der Waals surface area contributed by atoms with Gasteiger partial charge in [-0.25, -0.2) is 9.37 Å². The Bertz CT molecular complexity index is 1060. The van der Waals surface area contributed by atoms with Gasteiger partial charge in [-0.3, -0.25) is 4.79 Å². The van der Waals surface area contributed by atoms with E-state index in [1.165, 1.54) is 15.9 Å². The van der Waals surface area contributed by atoms with Gasteiger partial charge in [0.2, 0.25) is 0 Å². The van der Waals surface area contributed by atoms with E-state index in [1.807, 2.05) is 13.8 Å². The third-order valence-corrected chi connectivity index (χ3v) is 6.82. The van der Waals surface area contributed by atoms with Crippen LogP contribution >= 0.6 is 11.3 Å². The highest BCUT2D eigenvalue weighted by Gasteiger charge is 2.24. The molecule has 0 unspecified atom stereocenters. The van der Waals surface area contributed by atoms with Gasteiger partial charge in [-0.2, -0.15) is 0 Å². The zero-order chi connectivity index (χ0) is 20.4. The van der Waals surface area contributed by atoms with E-state index < -0.39 is 0 Å². The summed E-state index contributed by atoms with van der Waals surface area (Å²) in [6.45, 7) is 10.2. The smallest absolute Gasteiger partial charge is 0.260 e. The van der Waals surface area contributed by atoms with Gasteiger partial charge < -0.3 is 19.5 Å². The molecule has 0 atom stereocenters. The molecule has 0 amide bonds. The standard InChI is InChI=1S/C21H25FN4O2S/c1-14-15(2)29-21-19(14)20(27)23-18(24-21)13-26-9-7-25(8-10-26)11-12-28-17-6-4-3-5-16(17)22/h3-6H,7-13H2,1-2H3,(H,23,24,27)/p+2. The predicted molar refractivity (Wildman–Crippen MR) is 112 cm³/mol. The van der Waals surface area contributed by atoms with Gasteiger partial charge in [-0.15, -0.1) is 11.3 Å². The maximum atomic E-state index is 13.6. The average molecular weight is 419 g/mol. The fourth-order valence-electron chi connectivity index (χ4n) is 3.87. The number of aromatic nitrogens is 2. The second-order valence-electron chi connectivity index (χ2n) is 7.68. The average Bonchev–Trinajstić information content (AvgIpc) is 2.99. The van der Waals surface area contributed by atoms with Crippen molar-refractivity contribution in [1.29, 1.82) is 0 Å². The largest absolute Gasteiger partial charge is 0.485 e. The van der Waals surface area contributed by atoms with Crippen LogP contribution in [-0.2, 0) is 6.54 Å². The molecule has 4 rings (SSSR count). The summed E-state index contributed by atoms with van der Waals surface area (Å²) < 4.78 is 19.2. The van der Waals surface area contributed by atoms with Crippen molar-refractivity contribution in [2.24, 2.45) is 0 Å². The monoisotopic (exact) mass is 418 g/mol. The molecule has 154 valence electrons. The van der Waals surface area contributed by atoms with E-state index >= 15 is 0 Å². The first kappa shape index (κ1) is 20.0. The number of quaternary nitrogens is 2. The van der Waals surface area contributed by atoms with Gasteiger partial charge in [0.05, 0.1) is 5.39 Å². The molecule has 2 aromatic heterocycles. The molecule has 8 heteroatoms. The van der Waals surface area contributed by atoms with Gasteiger partial charge in [-0.1, -0.05) is 12.1 Å². The summed E-state index contributed by atoms with van der Waals surface area (Å²) in [5, 5.41) is 0.732. The van der Waals surface area contributed by atoms with Gasteiger partial charge in [0, 0.05) is 4.88 Å². The number of halogens is 1. The van der Waals surface area contributed by atoms with E-state index in [0.29, 0.717) is 12.4 Å². The number of rotatable bonds is 6. The van der Waals surface area contributed by atoms with Crippen LogP contribution in [0.3, 0.4) is 0 Å². The SMILES string of the molecule is Cc1sc2nc(C[NH+]3CC[NH+](CCOc4ccccc4F)CC3)[nH]c(=O)c2c1C. The lowest BCUT2D eigenvalue weighted by molar-refractivity contribution is -1.02. The second-order valence-corrected chi connectivity index (χ2v) is 8.88. The minimum Gasteiger partial charge on any atom is -0.485 e. The highest BCUT2D eigenvalue weighted by Crippen LogP contribution is 2.25. The number of nitrogens with zero attached hydrogens (tertiary/aromatic N) is 1. The fraction of sp³-hybridized carbons (Fsp3) is 0.429. The molecule has 0 spiro atoms. The number of aryl methyl sites for hydroxylation is 2. The molecule has 1 aliphatic heterocycles. The molecule has 3 heterocycles. The number of ether oxygens (including phenoxy) is 1. The minimum atomic E-state index is -0.314. The van der Waals surface area contributed by atoms with Gasteiger partial charge >= 0.3 is 0 Å². The van der Waals surface area contributed by atoms with Crippen LogP contribution in [0.4, 0.5) is 4.39 Å². The molecule has 6 nitrogen and oxygen atoms in total. The van der Waals surface area contributed by atoms with Crippen LogP contribution in [0.2, 0.25) is 0 Å². The van der Waals surface area contributed by atoms with Gasteiger partial charge in [0.15, 0.2) is 17.4 Å². The molecule has 1 saturated heterocycles. The number of aromatic amines is 1. The number of fused-ring (bicyclic) bond motifs is 1. The number of para-hydroxylation sites is 1. The predicted octanol–water partition coefficient (Wildman–Crippen LogP) is 0.103. The molecule has 3 aromatic rings. The first-order valence-corrected chi connectivity index (χ1v) is 10.9. The summed E-state index contributed by atoms with van der Waals surface area (Å²) in [7, 11) is 0. The molecule has 1 aliphatic rings. The Kier molecular flexibility index (Phi) is 5.94. The number of hydrogen-bond donors (Lipinski definition) is 3. The quantitative estimate of drug-likeness (QED) is 0.532. The van der Waals surface area contributed by atoms with Crippen LogP contribution in [0, 0.1) is 19.7 Å². The maximum absolute atomic E-state index is 13.6. The van der Waals surface area contributed by atoms with Gasteiger partial charge in [0.25, 0.3) is 5.56 Å². The Morgan fingerprint density at radius 2 is 1.90 bits per heavy atom. The van der Waals surface area contributed by atoms with Crippen LogP contribution in [0.5, 0.6) is 5.75 Å². The van der Waals surface area contributed by atoms with Crippen LogP contribution < -0.4 is 20.1 Å². The van der Waals surface area contributed by atoms with E-state index in [0.717, 1.165) is 65.8 Å². The lowest BCUT2D eigenvalue weighted by Crippen LogP contribution is -3.27. The third kappa shape index (κ3) is 4.49. The lowest BCUT2D eigenvalue weighted by Gasteiger charge is -2.29. The van der Waals surface area contributed by atoms with Crippen LogP contribution in [0.1, 0.15) is 16.3 Å². The van der Waals surface area contributed by atoms with Crippen LogP contribution in [-0.4, -0.2) is 49.3 Å². The molecular weight excluding hydrogens is 391 g/mol. The van der Waals surface area contributed by atoms with Crippen molar-refractivity contribution in [3.05, 3.63) is 56.7 Å². The molecule has 0 saturated carbocycles. The summed E-state index contributed by atoms with van der Waals surface area (Å²) in [6, 6.07) is 6.52. The van der Waals surface area contributed by atoms with Crippen LogP contribution in [0.15, 0.2) is 29.1 Å². The zero-order valence-electron chi connectivity index (χ0n) is 16.8. The van der Waals surface area contributed by atoms with Crippen LogP contribution in [0.25, 0.3) is 10.2 Å². The first-order chi connectivity index (χ1) is 14.0. The first-order valence-electron chi connectivity index (χ1n) is 10.0. The summed E-state index contributed by atoms with van der Waals surface area (Å²) in [6.07, 6.45) is 0. The summed E-state index contributed by atoms with van der Waals surface area (Å²) >= 11 is 1.59. The molecule has 29 heavy (non-hydrogen) atoms. The maximum Gasteiger partial charge on any atom is 0.260 e. The Balaban J connectivity index is 1.28. The van der Waals surface area contributed by atoms with E-state index in [2.05, 4.69) is 4.98 Å². The highest BCUT2D eigenvalue weighted by molar-refractivity contribution is 7.18. The van der Waals surface area contributed by atoms with Gasteiger partial charge in [0.1, 0.15) is 50.7 Å². The van der Waals surface area contributed by atoms with Crippen molar-refractivity contribution in [2.75, 3.05) is 39.3 Å². The molecule has 3 N–H and O–H groups in total. The fourth-order valence-corrected chi connectivity index (χ4v) is 4.92. The molecule has 1 fully saturated rings. The highest BCUT2D eigenvalue weighted by atomic mass is 32.1. The van der Waals surface area contributed by atoms with E-state index in [9.17, 15) is 9.18 Å². The number of thiophene rings is 1. The third-order valence-electron chi connectivity index (χ3n) is 5.72. The Morgan fingerprint density at radius 3 is 2.66 bits per heavy atom. The number of nitrogens with one attached hydrogen (secondary N) is 3. The Labute approximate surface area is 172 Å². The normalized spacial score (nSPS) is 19.6.